The van der Waals surface area contributed by atoms with Gasteiger partial charge in [-0.1, -0.05) is 54.6 Å². The highest BCUT2D eigenvalue weighted by molar-refractivity contribution is 5.94. The fraction of sp³-hybridized carbons (Fsp3) is 0.312. The van der Waals surface area contributed by atoms with E-state index >= 15 is 0 Å². The minimum Gasteiger partial charge on any atom is -0.508 e. The number of rotatable bonds is 13. The molecule has 43 heavy (non-hydrogen) atoms. The SMILES string of the molecule is O=C(O)C(Cc1ccc(O)cc1)NC(=O)C(Cc1ccc(O)cc1)NC(=O)C(Cc1ccccc1)NC(=O)C1CCCN1. The number of benzene rings is 3. The summed E-state index contributed by atoms with van der Waals surface area (Å²) in [4.78, 5) is 52.3. The van der Waals surface area contributed by atoms with Gasteiger partial charge in [-0.15, -0.1) is 0 Å². The number of hydrogen-bond donors (Lipinski definition) is 7. The van der Waals surface area contributed by atoms with E-state index in [0.29, 0.717) is 24.1 Å². The van der Waals surface area contributed by atoms with Crippen molar-refractivity contribution in [3.63, 3.8) is 0 Å². The molecule has 0 spiro atoms. The standard InChI is InChI=1S/C32H36N4O7/c37-23-12-8-21(9-13-23)18-27(31(41)36-28(32(42)43)19-22-10-14-24(38)15-11-22)35-30(40)26(17-20-5-2-1-3-6-20)34-29(39)25-7-4-16-33-25/h1-3,5-6,8-15,25-28,33,37-38H,4,7,16-19H2,(H,34,39)(H,35,40)(H,36,41)(H,42,43). The van der Waals surface area contributed by atoms with E-state index in [2.05, 4.69) is 21.3 Å². The lowest BCUT2D eigenvalue weighted by molar-refractivity contribution is -0.142. The highest BCUT2D eigenvalue weighted by atomic mass is 16.4. The normalized spacial score (nSPS) is 16.4. The Balaban J connectivity index is 1.54. The van der Waals surface area contributed by atoms with Crippen molar-refractivity contribution >= 4 is 23.7 Å². The van der Waals surface area contributed by atoms with Gasteiger partial charge in [-0.25, -0.2) is 4.79 Å². The second-order valence-electron chi connectivity index (χ2n) is 10.6. The zero-order valence-corrected chi connectivity index (χ0v) is 23.5. The molecule has 0 aliphatic carbocycles. The number of amides is 3. The number of aliphatic carboxylic acids is 1. The van der Waals surface area contributed by atoms with Crippen molar-refractivity contribution < 1.29 is 34.5 Å². The summed E-state index contributed by atoms with van der Waals surface area (Å²) in [6, 6.07) is 17.3. The summed E-state index contributed by atoms with van der Waals surface area (Å²) in [5.74, 6) is -2.85. The van der Waals surface area contributed by atoms with E-state index in [0.717, 1.165) is 12.0 Å². The lowest BCUT2D eigenvalue weighted by Gasteiger charge is -2.25. The van der Waals surface area contributed by atoms with Gasteiger partial charge in [0.2, 0.25) is 17.7 Å². The molecule has 3 aromatic rings. The van der Waals surface area contributed by atoms with Crippen LogP contribution in [0.3, 0.4) is 0 Å². The van der Waals surface area contributed by atoms with E-state index in [-0.39, 0.29) is 36.7 Å². The summed E-state index contributed by atoms with van der Waals surface area (Å²) in [6.07, 6.45) is 1.62. The van der Waals surface area contributed by atoms with Gasteiger partial charge in [0, 0.05) is 19.3 Å². The number of carboxylic acids is 1. The summed E-state index contributed by atoms with van der Waals surface area (Å²) in [6.45, 7) is 0.706. The molecular weight excluding hydrogens is 552 g/mol. The fourth-order valence-corrected chi connectivity index (χ4v) is 4.93. The average Bonchev–Trinajstić information content (AvgIpc) is 3.54. The molecule has 1 heterocycles. The van der Waals surface area contributed by atoms with Gasteiger partial charge in [-0.3, -0.25) is 14.4 Å². The molecule has 0 bridgehead atoms. The van der Waals surface area contributed by atoms with Gasteiger partial charge in [0.25, 0.3) is 0 Å². The first-order valence-electron chi connectivity index (χ1n) is 14.1. The minimum absolute atomic E-state index is 0.000411. The van der Waals surface area contributed by atoms with E-state index in [1.807, 2.05) is 30.3 Å². The molecule has 3 aromatic carbocycles. The van der Waals surface area contributed by atoms with Crippen LogP contribution in [-0.4, -0.2) is 69.7 Å². The monoisotopic (exact) mass is 588 g/mol. The lowest BCUT2D eigenvalue weighted by Crippen LogP contribution is -2.58. The van der Waals surface area contributed by atoms with Gasteiger partial charge in [0.15, 0.2) is 0 Å². The van der Waals surface area contributed by atoms with Crippen LogP contribution in [0.5, 0.6) is 11.5 Å². The quantitative estimate of drug-likeness (QED) is 0.157. The second kappa shape index (κ2) is 14.8. The summed E-state index contributed by atoms with van der Waals surface area (Å²) in [7, 11) is 0. The third-order valence-electron chi connectivity index (χ3n) is 7.29. The van der Waals surface area contributed by atoms with E-state index in [9.17, 15) is 34.5 Å². The van der Waals surface area contributed by atoms with Crippen molar-refractivity contribution in [2.24, 2.45) is 0 Å². The fourth-order valence-electron chi connectivity index (χ4n) is 4.93. The van der Waals surface area contributed by atoms with Crippen LogP contribution < -0.4 is 21.3 Å². The molecule has 11 nitrogen and oxygen atoms in total. The van der Waals surface area contributed by atoms with Crippen molar-refractivity contribution in [1.29, 1.82) is 0 Å². The molecule has 1 saturated heterocycles. The zero-order valence-electron chi connectivity index (χ0n) is 23.5. The molecule has 4 unspecified atom stereocenters. The minimum atomic E-state index is -1.32. The largest absolute Gasteiger partial charge is 0.508 e. The Kier molecular flexibility index (Phi) is 10.7. The van der Waals surface area contributed by atoms with Crippen LogP contribution in [0.25, 0.3) is 0 Å². The first-order chi connectivity index (χ1) is 20.7. The molecule has 7 N–H and O–H groups in total. The molecule has 0 aromatic heterocycles. The summed E-state index contributed by atoms with van der Waals surface area (Å²) < 4.78 is 0. The number of nitrogens with one attached hydrogen (secondary N) is 4. The Labute approximate surface area is 249 Å². The van der Waals surface area contributed by atoms with Crippen molar-refractivity contribution in [3.05, 3.63) is 95.6 Å². The van der Waals surface area contributed by atoms with Crippen LogP contribution in [0.15, 0.2) is 78.9 Å². The predicted octanol–water partition coefficient (Wildman–Crippen LogP) is 1.42. The maximum absolute atomic E-state index is 13.7. The molecule has 11 heteroatoms. The van der Waals surface area contributed by atoms with Crippen LogP contribution in [-0.2, 0) is 38.4 Å². The third-order valence-corrected chi connectivity index (χ3v) is 7.29. The van der Waals surface area contributed by atoms with Gasteiger partial charge in [-0.05, 0) is 60.3 Å². The Hall–Kier alpha value is -4.90. The Morgan fingerprint density at radius 3 is 1.63 bits per heavy atom. The number of carboxylic acid groups (broad SMARTS) is 1. The summed E-state index contributed by atoms with van der Waals surface area (Å²) >= 11 is 0. The molecule has 4 atom stereocenters. The number of phenols is 2. The molecule has 1 aliphatic heterocycles. The van der Waals surface area contributed by atoms with Gasteiger partial charge in [-0.2, -0.15) is 0 Å². The first kappa shape index (κ1) is 31.0. The second-order valence-corrected chi connectivity index (χ2v) is 10.6. The van der Waals surface area contributed by atoms with Crippen LogP contribution in [0.2, 0.25) is 0 Å². The van der Waals surface area contributed by atoms with Gasteiger partial charge < -0.3 is 36.6 Å². The maximum atomic E-state index is 13.7. The van der Waals surface area contributed by atoms with E-state index in [1.165, 1.54) is 24.3 Å². The lowest BCUT2D eigenvalue weighted by atomic mass is 10.0. The van der Waals surface area contributed by atoms with Gasteiger partial charge >= 0.3 is 5.97 Å². The van der Waals surface area contributed by atoms with Crippen LogP contribution in [0.1, 0.15) is 29.5 Å². The molecule has 0 radical (unpaired) electrons. The third kappa shape index (κ3) is 9.30. The average molecular weight is 589 g/mol. The smallest absolute Gasteiger partial charge is 0.326 e. The first-order valence-corrected chi connectivity index (χ1v) is 14.1. The molecule has 3 amide bonds. The molecule has 1 aliphatic rings. The number of phenolic OH excluding ortho intramolecular Hbond substituents is 2. The Morgan fingerprint density at radius 2 is 1.14 bits per heavy atom. The topological polar surface area (TPSA) is 177 Å². The van der Waals surface area contributed by atoms with E-state index < -0.39 is 42.0 Å². The van der Waals surface area contributed by atoms with Gasteiger partial charge in [0.1, 0.15) is 29.6 Å². The van der Waals surface area contributed by atoms with Crippen molar-refractivity contribution in [1.82, 2.24) is 21.3 Å². The van der Waals surface area contributed by atoms with E-state index in [4.69, 9.17) is 0 Å². The predicted molar refractivity (Wildman–Crippen MR) is 158 cm³/mol. The Morgan fingerprint density at radius 1 is 0.674 bits per heavy atom. The number of aromatic hydroxyl groups is 2. The highest BCUT2D eigenvalue weighted by Gasteiger charge is 2.32. The number of carbonyl (C=O) groups is 4. The maximum Gasteiger partial charge on any atom is 0.326 e. The van der Waals surface area contributed by atoms with Crippen LogP contribution in [0.4, 0.5) is 0 Å². The Bertz CT molecular complexity index is 1390. The van der Waals surface area contributed by atoms with Crippen molar-refractivity contribution in [3.8, 4) is 11.5 Å². The molecule has 4 rings (SSSR count). The molecule has 0 saturated carbocycles. The molecule has 226 valence electrons. The molecule has 1 fully saturated rings. The molecular formula is C32H36N4O7. The summed E-state index contributed by atoms with van der Waals surface area (Å²) in [5, 5.41) is 40.3. The van der Waals surface area contributed by atoms with Crippen LogP contribution >= 0.6 is 0 Å². The summed E-state index contributed by atoms with van der Waals surface area (Å²) in [5.41, 5.74) is 2.00. The van der Waals surface area contributed by atoms with Crippen LogP contribution in [0, 0.1) is 0 Å². The van der Waals surface area contributed by atoms with Crippen molar-refractivity contribution in [2.75, 3.05) is 6.54 Å². The number of carbonyl (C=O) groups excluding carboxylic acids is 3. The van der Waals surface area contributed by atoms with E-state index in [1.54, 1.807) is 24.3 Å². The zero-order chi connectivity index (χ0) is 30.8. The number of hydrogen-bond acceptors (Lipinski definition) is 7. The highest BCUT2D eigenvalue weighted by Crippen LogP contribution is 2.14. The van der Waals surface area contributed by atoms with Gasteiger partial charge in [0.05, 0.1) is 6.04 Å². The van der Waals surface area contributed by atoms with Crippen molar-refractivity contribution in [2.45, 2.75) is 56.3 Å².